The van der Waals surface area contributed by atoms with E-state index in [9.17, 15) is 9.18 Å². The molecule has 0 spiro atoms. The number of esters is 1. The molecule has 84 valence electrons. The summed E-state index contributed by atoms with van der Waals surface area (Å²) in [4.78, 5) is 15.4. The van der Waals surface area contributed by atoms with Crippen LogP contribution in [0.25, 0.3) is 10.2 Å². The van der Waals surface area contributed by atoms with Crippen LogP contribution in [0.3, 0.4) is 0 Å². The average Bonchev–Trinajstić information content (AvgIpc) is 2.59. The van der Waals surface area contributed by atoms with Gasteiger partial charge in [-0.05, 0) is 35.0 Å². The van der Waals surface area contributed by atoms with E-state index in [2.05, 4.69) is 20.9 Å². The first-order valence-electron chi connectivity index (χ1n) is 4.54. The van der Waals surface area contributed by atoms with Crippen LogP contribution < -0.4 is 0 Å². The van der Waals surface area contributed by atoms with Crippen LogP contribution in [0.5, 0.6) is 0 Å². The summed E-state index contributed by atoms with van der Waals surface area (Å²) < 4.78 is 19.6. The molecular formula is C10H7BrFNO2S. The highest BCUT2D eigenvalue weighted by Gasteiger charge is 2.14. The molecule has 0 aliphatic heterocycles. The number of rotatable bonds is 2. The number of fused-ring (bicyclic) bond motifs is 1. The van der Waals surface area contributed by atoms with E-state index in [1.807, 2.05) is 0 Å². The molecule has 0 aliphatic rings. The minimum Gasteiger partial charge on any atom is -0.462 e. The topological polar surface area (TPSA) is 39.2 Å². The lowest BCUT2D eigenvalue weighted by atomic mass is 10.2. The molecular weight excluding hydrogens is 297 g/mol. The quantitative estimate of drug-likeness (QED) is 0.799. The first-order valence-corrected chi connectivity index (χ1v) is 6.15. The predicted molar refractivity (Wildman–Crippen MR) is 63.2 cm³/mol. The molecule has 2 aromatic rings. The number of hydrogen-bond donors (Lipinski definition) is 0. The van der Waals surface area contributed by atoms with Crippen LogP contribution in [0, 0.1) is 5.82 Å². The summed E-state index contributed by atoms with van der Waals surface area (Å²) in [6, 6.07) is 2.73. The smallest absolute Gasteiger partial charge is 0.338 e. The number of benzene rings is 1. The van der Waals surface area contributed by atoms with Crippen molar-refractivity contribution in [1.29, 1.82) is 0 Å². The minimum atomic E-state index is -0.521. The fourth-order valence-corrected chi connectivity index (χ4v) is 2.74. The van der Waals surface area contributed by atoms with Crippen LogP contribution in [0.2, 0.25) is 0 Å². The van der Waals surface area contributed by atoms with E-state index in [1.165, 1.54) is 11.3 Å². The van der Waals surface area contributed by atoms with Gasteiger partial charge in [0.25, 0.3) is 0 Å². The maximum Gasteiger partial charge on any atom is 0.338 e. The number of aromatic nitrogens is 1. The van der Waals surface area contributed by atoms with Gasteiger partial charge in [0.15, 0.2) is 9.73 Å². The van der Waals surface area contributed by atoms with Crippen LogP contribution >= 0.6 is 27.3 Å². The van der Waals surface area contributed by atoms with Crippen LogP contribution in [-0.4, -0.2) is 17.6 Å². The van der Waals surface area contributed by atoms with Gasteiger partial charge in [-0.15, -0.1) is 11.3 Å². The van der Waals surface area contributed by atoms with E-state index in [4.69, 9.17) is 4.74 Å². The van der Waals surface area contributed by atoms with Gasteiger partial charge >= 0.3 is 5.97 Å². The molecule has 1 heterocycles. The minimum absolute atomic E-state index is 0.211. The lowest BCUT2D eigenvalue weighted by Gasteiger charge is -2.01. The van der Waals surface area contributed by atoms with Crippen LogP contribution in [0.1, 0.15) is 17.3 Å². The fraction of sp³-hybridized carbons (Fsp3) is 0.200. The molecule has 3 nitrogen and oxygen atoms in total. The summed E-state index contributed by atoms with van der Waals surface area (Å²) in [7, 11) is 0. The van der Waals surface area contributed by atoms with Gasteiger partial charge in [0.1, 0.15) is 5.52 Å². The summed E-state index contributed by atoms with van der Waals surface area (Å²) in [5, 5.41) is 0. The second-order valence-corrected chi connectivity index (χ2v) is 5.30. The van der Waals surface area contributed by atoms with Crippen molar-refractivity contribution >= 4 is 43.5 Å². The van der Waals surface area contributed by atoms with Crippen molar-refractivity contribution in [3.8, 4) is 0 Å². The summed E-state index contributed by atoms with van der Waals surface area (Å²) in [5.74, 6) is -1.03. The summed E-state index contributed by atoms with van der Waals surface area (Å²) in [6.07, 6.45) is 0. The van der Waals surface area contributed by atoms with Crippen molar-refractivity contribution in [2.24, 2.45) is 0 Å². The molecule has 0 atom stereocenters. The number of thiazole rings is 1. The Hall–Kier alpha value is -1.01. The Bertz CT molecular complexity index is 555. The second-order valence-electron chi connectivity index (χ2n) is 2.99. The average molecular weight is 304 g/mol. The van der Waals surface area contributed by atoms with Gasteiger partial charge in [0.2, 0.25) is 0 Å². The zero-order valence-corrected chi connectivity index (χ0v) is 10.7. The van der Waals surface area contributed by atoms with Crippen LogP contribution in [0.15, 0.2) is 16.0 Å². The molecule has 0 fully saturated rings. The van der Waals surface area contributed by atoms with Crippen molar-refractivity contribution in [2.75, 3.05) is 6.61 Å². The molecule has 0 saturated carbocycles. The first-order chi connectivity index (χ1) is 7.61. The number of hydrogen-bond acceptors (Lipinski definition) is 4. The normalized spacial score (nSPS) is 10.7. The number of ether oxygens (including phenoxy) is 1. The number of carbonyl (C=O) groups is 1. The molecule has 1 aromatic carbocycles. The van der Waals surface area contributed by atoms with E-state index < -0.39 is 11.8 Å². The molecule has 0 unspecified atom stereocenters. The van der Waals surface area contributed by atoms with Gasteiger partial charge in [-0.2, -0.15) is 0 Å². The monoisotopic (exact) mass is 303 g/mol. The Kier molecular flexibility index (Phi) is 3.20. The van der Waals surface area contributed by atoms with Gasteiger partial charge < -0.3 is 4.74 Å². The van der Waals surface area contributed by atoms with E-state index in [-0.39, 0.29) is 17.7 Å². The number of halogens is 2. The van der Waals surface area contributed by atoms with Gasteiger partial charge in [-0.25, -0.2) is 14.2 Å². The third-order valence-corrected chi connectivity index (χ3v) is 3.39. The summed E-state index contributed by atoms with van der Waals surface area (Å²) >= 11 is 4.45. The molecule has 16 heavy (non-hydrogen) atoms. The summed E-state index contributed by atoms with van der Waals surface area (Å²) in [6.45, 7) is 1.97. The largest absolute Gasteiger partial charge is 0.462 e. The highest BCUT2D eigenvalue weighted by atomic mass is 79.9. The predicted octanol–water partition coefficient (Wildman–Crippen LogP) is 3.37. The molecule has 0 saturated heterocycles. The van der Waals surface area contributed by atoms with Gasteiger partial charge in [0, 0.05) is 0 Å². The molecule has 0 radical (unpaired) electrons. The van der Waals surface area contributed by atoms with Crippen molar-refractivity contribution in [2.45, 2.75) is 6.92 Å². The van der Waals surface area contributed by atoms with Crippen molar-refractivity contribution in [1.82, 2.24) is 4.98 Å². The summed E-state index contributed by atoms with van der Waals surface area (Å²) in [5.41, 5.74) is 0.480. The SMILES string of the molecule is CCOC(=O)c1cc(F)c2nc(Br)sc2c1. The van der Waals surface area contributed by atoms with Gasteiger partial charge in [-0.1, -0.05) is 0 Å². The van der Waals surface area contributed by atoms with Crippen LogP contribution in [-0.2, 0) is 4.74 Å². The lowest BCUT2D eigenvalue weighted by Crippen LogP contribution is -2.04. The first kappa shape index (κ1) is 11.5. The molecule has 1 aromatic heterocycles. The second kappa shape index (κ2) is 4.47. The maximum atomic E-state index is 13.6. The number of carbonyl (C=O) groups excluding carboxylic acids is 1. The van der Waals surface area contributed by atoms with E-state index in [1.54, 1.807) is 13.0 Å². The molecule has 0 amide bonds. The number of nitrogens with zero attached hydrogens (tertiary/aromatic N) is 1. The van der Waals surface area contributed by atoms with Crippen molar-refractivity contribution < 1.29 is 13.9 Å². The zero-order valence-electron chi connectivity index (χ0n) is 8.29. The van der Waals surface area contributed by atoms with Crippen molar-refractivity contribution in [3.05, 3.63) is 27.4 Å². The van der Waals surface area contributed by atoms with Crippen LogP contribution in [0.4, 0.5) is 4.39 Å². The van der Waals surface area contributed by atoms with Gasteiger partial charge in [0.05, 0.1) is 16.9 Å². The Labute approximate surface area is 103 Å². The maximum absolute atomic E-state index is 13.6. The molecule has 6 heteroatoms. The molecule has 2 rings (SSSR count). The Morgan fingerprint density at radius 3 is 3.06 bits per heavy atom. The lowest BCUT2D eigenvalue weighted by molar-refractivity contribution is 0.0526. The van der Waals surface area contributed by atoms with Crippen molar-refractivity contribution in [3.63, 3.8) is 0 Å². The highest BCUT2D eigenvalue weighted by molar-refractivity contribution is 9.11. The standard InChI is InChI=1S/C10H7BrFNO2S/c1-2-15-9(14)5-3-6(12)8-7(4-5)16-10(11)13-8/h3-4H,2H2,1H3. The van der Waals surface area contributed by atoms with E-state index >= 15 is 0 Å². The Balaban J connectivity index is 2.53. The fourth-order valence-electron chi connectivity index (χ4n) is 1.29. The van der Waals surface area contributed by atoms with Gasteiger partial charge in [-0.3, -0.25) is 0 Å². The Morgan fingerprint density at radius 2 is 2.38 bits per heavy atom. The third kappa shape index (κ3) is 2.08. The zero-order chi connectivity index (χ0) is 11.7. The highest BCUT2D eigenvalue weighted by Crippen LogP contribution is 2.29. The third-order valence-electron chi connectivity index (χ3n) is 1.93. The van der Waals surface area contributed by atoms with E-state index in [0.29, 0.717) is 8.62 Å². The van der Waals surface area contributed by atoms with E-state index in [0.717, 1.165) is 6.07 Å². The molecule has 0 aliphatic carbocycles. The molecule has 0 bridgehead atoms. The molecule has 0 N–H and O–H groups in total. The Morgan fingerprint density at radius 1 is 1.62 bits per heavy atom.